The smallest absolute Gasteiger partial charge is 0.368 e. The predicted molar refractivity (Wildman–Crippen MR) is 77.2 cm³/mol. The van der Waals surface area contributed by atoms with Gasteiger partial charge in [0.15, 0.2) is 9.32 Å². The van der Waals surface area contributed by atoms with E-state index in [0.717, 1.165) is 3.57 Å². The molecule has 0 amide bonds. The lowest BCUT2D eigenvalue weighted by Gasteiger charge is -2.07. The first-order valence-corrected chi connectivity index (χ1v) is 8.78. The Kier molecular flexibility index (Phi) is 3.92. The highest BCUT2D eigenvalue weighted by Crippen LogP contribution is 2.20. The van der Waals surface area contributed by atoms with Gasteiger partial charge in [0.25, 0.3) is 0 Å². The number of aromatic nitrogens is 2. The third kappa shape index (κ3) is 2.53. The second-order valence-corrected chi connectivity index (χ2v) is 7.34. The summed E-state index contributed by atoms with van der Waals surface area (Å²) in [6.45, 7) is 2.45. The van der Waals surface area contributed by atoms with E-state index in [1.165, 1.54) is 0 Å². The molecule has 0 fully saturated rings. The molecule has 0 aliphatic heterocycles. The number of aryl methyl sites for hydroxylation is 1. The molecule has 0 radical (unpaired) electrons. The Balaban J connectivity index is 2.25. The van der Waals surface area contributed by atoms with Crippen molar-refractivity contribution in [3.05, 3.63) is 66.2 Å². The van der Waals surface area contributed by atoms with E-state index in [1.807, 2.05) is 43.3 Å². The van der Waals surface area contributed by atoms with E-state index in [0.29, 0.717) is 21.1 Å². The summed E-state index contributed by atoms with van der Waals surface area (Å²) in [4.78, 5) is 16.9. The van der Waals surface area contributed by atoms with Crippen LogP contribution in [0.25, 0.3) is 11.0 Å². The fraction of sp³-hybridized carbons (Fsp3) is 0.125. The SMILES string of the molecule is CCn1c(=O)c([I+]c2ccccc2)c(O)c2cccnc21. The van der Waals surface area contributed by atoms with Crippen LogP contribution in [0, 0.1) is 7.14 Å². The molecule has 1 aromatic carbocycles. The lowest BCUT2D eigenvalue weighted by atomic mass is 10.2. The molecule has 3 aromatic rings. The van der Waals surface area contributed by atoms with Crippen LogP contribution in [0.15, 0.2) is 53.5 Å². The topological polar surface area (TPSA) is 55.1 Å². The highest BCUT2D eigenvalue weighted by atomic mass is 127. The molecule has 5 heteroatoms. The van der Waals surface area contributed by atoms with Gasteiger partial charge in [-0.1, -0.05) is 18.2 Å². The highest BCUT2D eigenvalue weighted by molar-refractivity contribution is 5.81. The third-order valence-electron chi connectivity index (χ3n) is 3.19. The maximum absolute atomic E-state index is 12.6. The first kappa shape index (κ1) is 14.1. The van der Waals surface area contributed by atoms with Gasteiger partial charge in [-0.3, -0.25) is 9.36 Å². The van der Waals surface area contributed by atoms with Gasteiger partial charge in [0.1, 0.15) is 5.65 Å². The van der Waals surface area contributed by atoms with Gasteiger partial charge < -0.3 is 5.11 Å². The lowest BCUT2D eigenvalue weighted by molar-refractivity contribution is -0.600. The Labute approximate surface area is 132 Å². The minimum atomic E-state index is -0.724. The summed E-state index contributed by atoms with van der Waals surface area (Å²) in [7, 11) is 0. The summed E-state index contributed by atoms with van der Waals surface area (Å²) >= 11 is -0.724. The monoisotopic (exact) mass is 393 g/mol. The van der Waals surface area contributed by atoms with Gasteiger partial charge in [0, 0.05) is 12.7 Å². The number of hydrogen-bond donors (Lipinski definition) is 1. The number of hydrogen-bond acceptors (Lipinski definition) is 3. The summed E-state index contributed by atoms with van der Waals surface area (Å²) < 4.78 is 3.27. The molecule has 3 rings (SSSR count). The van der Waals surface area contributed by atoms with Crippen LogP contribution < -0.4 is 26.8 Å². The number of benzene rings is 1. The Hall–Kier alpha value is -1.89. The van der Waals surface area contributed by atoms with Gasteiger partial charge >= 0.3 is 30.3 Å². The Morgan fingerprint density at radius 1 is 1.19 bits per heavy atom. The van der Waals surface area contributed by atoms with Crippen molar-refractivity contribution in [2.24, 2.45) is 0 Å². The van der Waals surface area contributed by atoms with Crippen LogP contribution in [0.3, 0.4) is 0 Å². The van der Waals surface area contributed by atoms with E-state index in [4.69, 9.17) is 0 Å². The molecule has 0 unspecified atom stereocenters. The molecule has 2 heterocycles. The van der Waals surface area contributed by atoms with Gasteiger partial charge in [-0.2, -0.15) is 0 Å². The molecule has 0 saturated carbocycles. The number of halogens is 1. The molecule has 0 spiro atoms. The largest absolute Gasteiger partial charge is 0.503 e. The standard InChI is InChI=1S/C16H13IN2O2/c1-2-19-15-12(9-6-10-18-15)14(20)13(16(19)21)17-11-7-4-3-5-8-11/h3-10H,2H2,1H3/p+1. The molecule has 21 heavy (non-hydrogen) atoms. The maximum Gasteiger partial charge on any atom is 0.368 e. The van der Waals surface area contributed by atoms with Crippen LogP contribution in [0.4, 0.5) is 0 Å². The Bertz CT molecular complexity index is 844. The Morgan fingerprint density at radius 2 is 1.95 bits per heavy atom. The number of nitrogens with zero attached hydrogens (tertiary/aromatic N) is 2. The van der Waals surface area contributed by atoms with Crippen molar-refractivity contribution in [1.82, 2.24) is 9.55 Å². The lowest BCUT2D eigenvalue weighted by Crippen LogP contribution is -3.62. The number of aromatic hydroxyl groups is 1. The first-order chi connectivity index (χ1) is 10.2. The summed E-state index contributed by atoms with van der Waals surface area (Å²) in [5, 5.41) is 11.1. The molecule has 2 aromatic heterocycles. The average Bonchev–Trinajstić information content (AvgIpc) is 2.53. The fourth-order valence-electron chi connectivity index (χ4n) is 2.20. The molecule has 0 saturated heterocycles. The van der Waals surface area contributed by atoms with Crippen molar-refractivity contribution in [2.45, 2.75) is 13.5 Å². The van der Waals surface area contributed by atoms with Crippen molar-refractivity contribution in [1.29, 1.82) is 0 Å². The molecular formula is C16H14IN2O2+. The van der Waals surface area contributed by atoms with E-state index >= 15 is 0 Å². The normalized spacial score (nSPS) is 10.9. The molecule has 0 aliphatic carbocycles. The maximum atomic E-state index is 12.6. The zero-order valence-corrected chi connectivity index (χ0v) is 13.6. The van der Waals surface area contributed by atoms with Crippen LogP contribution >= 0.6 is 0 Å². The minimum absolute atomic E-state index is 0.0875. The highest BCUT2D eigenvalue weighted by Gasteiger charge is 2.28. The second-order valence-electron chi connectivity index (χ2n) is 4.48. The molecule has 0 aliphatic rings. The van der Waals surface area contributed by atoms with Gasteiger partial charge in [-0.15, -0.1) is 0 Å². The van der Waals surface area contributed by atoms with E-state index in [2.05, 4.69) is 4.98 Å². The van der Waals surface area contributed by atoms with Gasteiger partial charge in [0.2, 0.25) is 0 Å². The van der Waals surface area contributed by atoms with E-state index in [1.54, 1.807) is 16.8 Å². The van der Waals surface area contributed by atoms with Crippen LogP contribution in [0.2, 0.25) is 0 Å². The molecule has 1 N–H and O–H groups in total. The summed E-state index contributed by atoms with van der Waals surface area (Å²) in [6, 6.07) is 13.4. The van der Waals surface area contributed by atoms with Crippen molar-refractivity contribution < 1.29 is 26.3 Å². The Morgan fingerprint density at radius 3 is 2.67 bits per heavy atom. The van der Waals surface area contributed by atoms with E-state index < -0.39 is 21.2 Å². The van der Waals surface area contributed by atoms with Crippen LogP contribution in [0.1, 0.15) is 6.92 Å². The number of rotatable bonds is 3. The summed E-state index contributed by atoms with van der Waals surface area (Å²) in [5.41, 5.74) is 0.418. The second kappa shape index (κ2) is 5.85. The van der Waals surface area contributed by atoms with Gasteiger partial charge in [0.05, 0.1) is 5.39 Å². The fourth-order valence-corrected chi connectivity index (χ4v) is 4.66. The number of pyridine rings is 2. The number of fused-ring (bicyclic) bond motifs is 1. The molecule has 0 bridgehead atoms. The molecule has 106 valence electrons. The van der Waals surface area contributed by atoms with Crippen LogP contribution in [-0.4, -0.2) is 14.7 Å². The molecule has 0 atom stereocenters. The van der Waals surface area contributed by atoms with Gasteiger partial charge in [-0.25, -0.2) is 4.98 Å². The van der Waals surface area contributed by atoms with Gasteiger partial charge in [-0.05, 0) is 31.2 Å². The van der Waals surface area contributed by atoms with Crippen molar-refractivity contribution >= 4 is 11.0 Å². The van der Waals surface area contributed by atoms with E-state index in [9.17, 15) is 9.90 Å². The van der Waals surface area contributed by atoms with Crippen LogP contribution in [0.5, 0.6) is 5.75 Å². The van der Waals surface area contributed by atoms with Crippen molar-refractivity contribution in [3.63, 3.8) is 0 Å². The van der Waals surface area contributed by atoms with Crippen molar-refractivity contribution in [2.75, 3.05) is 0 Å². The average molecular weight is 393 g/mol. The predicted octanol–water partition coefficient (Wildman–Crippen LogP) is -0.750. The van der Waals surface area contributed by atoms with Crippen molar-refractivity contribution in [3.8, 4) is 5.75 Å². The van der Waals surface area contributed by atoms with E-state index in [-0.39, 0.29) is 11.3 Å². The zero-order valence-electron chi connectivity index (χ0n) is 11.5. The quantitative estimate of drug-likeness (QED) is 0.596. The van der Waals surface area contributed by atoms with Crippen LogP contribution in [-0.2, 0) is 6.54 Å². The molecular weight excluding hydrogens is 379 g/mol. The zero-order chi connectivity index (χ0) is 14.8. The first-order valence-electron chi connectivity index (χ1n) is 6.62. The minimum Gasteiger partial charge on any atom is -0.503 e. The summed E-state index contributed by atoms with van der Waals surface area (Å²) in [6.07, 6.45) is 1.64. The molecule has 4 nitrogen and oxygen atoms in total. The third-order valence-corrected chi connectivity index (χ3v) is 6.04. The summed E-state index contributed by atoms with van der Waals surface area (Å²) in [5.74, 6) is 0.0875.